The van der Waals surface area contributed by atoms with Crippen molar-refractivity contribution in [3.63, 3.8) is 0 Å². The molecule has 38 heavy (non-hydrogen) atoms. The van der Waals surface area contributed by atoms with Gasteiger partial charge in [-0.05, 0) is 97.9 Å². The molecule has 1 heterocycles. The molecule has 1 amide bonds. The number of carbonyl (C=O) groups is 3. The van der Waals surface area contributed by atoms with Crippen molar-refractivity contribution in [2.75, 3.05) is 18.1 Å². The number of hydrogen-bond donors (Lipinski definition) is 2. The smallest absolute Gasteiger partial charge is 0.338 e. The number of aliphatic imine (C=N–C) groups is 1. The van der Waals surface area contributed by atoms with Gasteiger partial charge in [0.05, 0.1) is 40.6 Å². The molecule has 1 fully saturated rings. The third-order valence-corrected chi connectivity index (χ3v) is 6.31. The van der Waals surface area contributed by atoms with Gasteiger partial charge in [-0.15, -0.1) is 0 Å². The molecule has 2 N–H and O–H groups in total. The second kappa shape index (κ2) is 11.7. The molecule has 0 saturated carbocycles. The fourth-order valence-electron chi connectivity index (χ4n) is 3.52. The quantitative estimate of drug-likeness (QED) is 0.240. The molecule has 0 radical (unpaired) electrons. The zero-order chi connectivity index (χ0) is 27.2. The Bertz CT molecular complexity index is 1430. The first-order valence-electron chi connectivity index (χ1n) is 11.7. The van der Waals surface area contributed by atoms with E-state index in [2.05, 4.69) is 4.99 Å². The summed E-state index contributed by atoms with van der Waals surface area (Å²) < 4.78 is 10.0. The Kier molecular flexibility index (Phi) is 8.12. The Balaban J connectivity index is 1.71. The van der Waals surface area contributed by atoms with E-state index in [-0.39, 0.29) is 30.6 Å². The summed E-state index contributed by atoms with van der Waals surface area (Å²) in [5, 5.41) is 19.8. The molecule has 1 aliphatic rings. The van der Waals surface area contributed by atoms with Gasteiger partial charge in [-0.1, -0.05) is 6.07 Å². The van der Waals surface area contributed by atoms with Crippen LogP contribution in [-0.2, 0) is 14.3 Å². The number of esters is 2. The summed E-state index contributed by atoms with van der Waals surface area (Å²) in [6.07, 6.45) is 1.58. The normalized spacial score (nSPS) is 15.2. The lowest BCUT2D eigenvalue weighted by Gasteiger charge is -2.16. The SMILES string of the molecule is CCOC(=O)c1ccc(N=C2S/C(=C/c3ccc(O)c(O)c3)C(=O)N2c2ccc(C(=O)OCC)cc2)cc1. The van der Waals surface area contributed by atoms with Crippen molar-refractivity contribution in [3.05, 3.63) is 88.3 Å². The number of nitrogens with zero attached hydrogens (tertiary/aromatic N) is 2. The number of ether oxygens (including phenoxy) is 2. The van der Waals surface area contributed by atoms with E-state index < -0.39 is 11.9 Å². The first-order valence-corrected chi connectivity index (χ1v) is 12.5. The molecule has 4 rings (SSSR count). The molecule has 9 nitrogen and oxygen atoms in total. The van der Waals surface area contributed by atoms with Crippen LogP contribution < -0.4 is 4.90 Å². The van der Waals surface area contributed by atoms with Gasteiger partial charge in [-0.25, -0.2) is 14.6 Å². The van der Waals surface area contributed by atoms with E-state index in [4.69, 9.17) is 9.47 Å². The van der Waals surface area contributed by atoms with Gasteiger partial charge in [0.2, 0.25) is 0 Å². The van der Waals surface area contributed by atoms with Crippen LogP contribution in [0.1, 0.15) is 40.1 Å². The summed E-state index contributed by atoms with van der Waals surface area (Å²) in [5.41, 5.74) is 2.22. The van der Waals surface area contributed by atoms with Crippen LogP contribution in [0.25, 0.3) is 6.08 Å². The predicted molar refractivity (Wildman–Crippen MR) is 145 cm³/mol. The van der Waals surface area contributed by atoms with Gasteiger partial charge in [0.25, 0.3) is 5.91 Å². The van der Waals surface area contributed by atoms with Gasteiger partial charge in [0.15, 0.2) is 16.7 Å². The topological polar surface area (TPSA) is 126 Å². The number of benzene rings is 3. The van der Waals surface area contributed by atoms with E-state index >= 15 is 0 Å². The van der Waals surface area contributed by atoms with Crippen LogP contribution in [0.15, 0.2) is 76.6 Å². The second-order valence-corrected chi connectivity index (χ2v) is 8.94. The number of aromatic hydroxyl groups is 2. The van der Waals surface area contributed by atoms with Crippen molar-refractivity contribution in [1.82, 2.24) is 0 Å². The maximum atomic E-state index is 13.5. The molecule has 3 aromatic rings. The molecule has 0 atom stereocenters. The molecule has 1 aliphatic heterocycles. The molecule has 10 heteroatoms. The summed E-state index contributed by atoms with van der Waals surface area (Å²) in [4.78, 5) is 43.9. The number of amidine groups is 1. The first-order chi connectivity index (χ1) is 18.3. The van der Waals surface area contributed by atoms with Gasteiger partial charge in [-0.3, -0.25) is 9.69 Å². The minimum absolute atomic E-state index is 0.245. The Labute approximate surface area is 223 Å². The summed E-state index contributed by atoms with van der Waals surface area (Å²) in [6, 6.07) is 17.1. The van der Waals surface area contributed by atoms with Crippen LogP contribution in [0, 0.1) is 0 Å². The van der Waals surface area contributed by atoms with Gasteiger partial charge >= 0.3 is 11.9 Å². The summed E-state index contributed by atoms with van der Waals surface area (Å²) in [7, 11) is 0. The maximum Gasteiger partial charge on any atom is 0.338 e. The number of thioether (sulfide) groups is 1. The number of phenols is 2. The molecule has 0 bridgehead atoms. The van der Waals surface area contributed by atoms with Crippen LogP contribution in [0.4, 0.5) is 11.4 Å². The van der Waals surface area contributed by atoms with Gasteiger partial charge in [0, 0.05) is 0 Å². The zero-order valence-electron chi connectivity index (χ0n) is 20.6. The third kappa shape index (κ3) is 5.87. The van der Waals surface area contributed by atoms with E-state index in [1.165, 1.54) is 17.0 Å². The van der Waals surface area contributed by atoms with Crippen LogP contribution in [0.5, 0.6) is 11.5 Å². The first kappa shape index (κ1) is 26.5. The number of rotatable bonds is 7. The predicted octanol–water partition coefficient (Wildman–Crippen LogP) is 5.26. The third-order valence-electron chi connectivity index (χ3n) is 5.34. The second-order valence-electron chi connectivity index (χ2n) is 7.93. The molecule has 0 aliphatic carbocycles. The molecule has 0 aromatic heterocycles. The molecular formula is C28H24N2O7S. The van der Waals surface area contributed by atoms with Crippen molar-refractivity contribution in [2.45, 2.75) is 13.8 Å². The Morgan fingerprint density at radius 1 is 0.868 bits per heavy atom. The van der Waals surface area contributed by atoms with Crippen LogP contribution in [0.3, 0.4) is 0 Å². The van der Waals surface area contributed by atoms with Crippen molar-refractivity contribution in [2.24, 2.45) is 4.99 Å². The highest BCUT2D eigenvalue weighted by molar-refractivity contribution is 8.19. The van der Waals surface area contributed by atoms with Gasteiger partial charge in [-0.2, -0.15) is 0 Å². The van der Waals surface area contributed by atoms with E-state index in [1.54, 1.807) is 74.5 Å². The van der Waals surface area contributed by atoms with E-state index in [1.807, 2.05) is 0 Å². The number of anilines is 1. The van der Waals surface area contributed by atoms with Crippen molar-refractivity contribution < 1.29 is 34.1 Å². The minimum atomic E-state index is -0.468. The number of carbonyl (C=O) groups excluding carboxylic acids is 3. The Hall–Kier alpha value is -4.57. The molecule has 0 spiro atoms. The minimum Gasteiger partial charge on any atom is -0.504 e. The Morgan fingerprint density at radius 2 is 1.45 bits per heavy atom. The van der Waals surface area contributed by atoms with Crippen molar-refractivity contribution >= 4 is 52.2 Å². The van der Waals surface area contributed by atoms with E-state index in [0.29, 0.717) is 38.1 Å². The average molecular weight is 533 g/mol. The fraction of sp³-hybridized carbons (Fsp3) is 0.143. The number of amides is 1. The zero-order valence-corrected chi connectivity index (χ0v) is 21.4. The van der Waals surface area contributed by atoms with Crippen molar-refractivity contribution in [3.8, 4) is 11.5 Å². The van der Waals surface area contributed by atoms with Gasteiger partial charge < -0.3 is 19.7 Å². The summed E-state index contributed by atoms with van der Waals surface area (Å²) in [5.74, 6) is -1.85. The van der Waals surface area contributed by atoms with Crippen LogP contribution >= 0.6 is 11.8 Å². The lowest BCUT2D eigenvalue weighted by Crippen LogP contribution is -2.28. The van der Waals surface area contributed by atoms with Crippen LogP contribution in [0.2, 0.25) is 0 Å². The standard InChI is InChI=1S/C28H24N2O7S/c1-3-36-26(34)18-6-10-20(11-7-18)29-28-30(21-12-8-19(9-13-21)27(35)37-4-2)25(33)24(38-28)16-17-5-14-22(31)23(32)15-17/h5-16,31-32H,3-4H2,1-2H3/b24-16+,29-28?. The molecule has 3 aromatic carbocycles. The molecular weight excluding hydrogens is 508 g/mol. The van der Waals surface area contributed by atoms with E-state index in [0.717, 1.165) is 11.8 Å². The number of hydrogen-bond acceptors (Lipinski definition) is 9. The lowest BCUT2D eigenvalue weighted by molar-refractivity contribution is -0.113. The average Bonchev–Trinajstić information content (AvgIpc) is 3.21. The summed E-state index contributed by atoms with van der Waals surface area (Å²) in [6.45, 7) is 3.95. The molecule has 0 unspecified atom stereocenters. The highest BCUT2D eigenvalue weighted by atomic mass is 32.2. The summed E-state index contributed by atoms with van der Waals surface area (Å²) >= 11 is 1.12. The highest BCUT2D eigenvalue weighted by Gasteiger charge is 2.35. The highest BCUT2D eigenvalue weighted by Crippen LogP contribution is 2.38. The van der Waals surface area contributed by atoms with Crippen molar-refractivity contribution in [1.29, 1.82) is 0 Å². The van der Waals surface area contributed by atoms with E-state index in [9.17, 15) is 24.6 Å². The largest absolute Gasteiger partial charge is 0.504 e. The lowest BCUT2D eigenvalue weighted by atomic mass is 10.1. The van der Waals surface area contributed by atoms with Gasteiger partial charge in [0.1, 0.15) is 0 Å². The fourth-order valence-corrected chi connectivity index (χ4v) is 4.52. The Morgan fingerprint density at radius 3 is 2.00 bits per heavy atom. The molecule has 1 saturated heterocycles. The maximum absolute atomic E-state index is 13.5. The molecule has 194 valence electrons. The number of phenolic OH excluding ortho intramolecular Hbond substituents is 2. The monoisotopic (exact) mass is 532 g/mol. The van der Waals surface area contributed by atoms with Crippen LogP contribution in [-0.4, -0.2) is 46.4 Å².